The second kappa shape index (κ2) is 13.5. The number of nitrogens with one attached hydrogen (secondary N) is 2. The minimum atomic E-state index is -1.34. The molecule has 0 bridgehead atoms. The van der Waals surface area contributed by atoms with Crippen LogP contribution in [0.3, 0.4) is 0 Å². The predicted molar refractivity (Wildman–Crippen MR) is 126 cm³/mol. The molecule has 1 aliphatic heterocycles. The van der Waals surface area contributed by atoms with Crippen LogP contribution in [0.15, 0.2) is 30.3 Å². The van der Waals surface area contributed by atoms with Crippen molar-refractivity contribution < 1.29 is 47.7 Å². The molecule has 1 aliphatic rings. The standard InChI is InChI=1S/C23H28N2O10S/c1-12(26)31-11-18-19(32-13(2)27)20(33-14(3)28)21(34-15(4)29)22(35-18)25-23(36)24-10-17(30)16-8-6-5-7-9-16/h5-9,18-22H,10-11H2,1-4H3,(H2,24,25,36)/t18-,19-,20+,21-,22-/m1/s1. The Morgan fingerprint density at radius 1 is 0.833 bits per heavy atom. The Kier molecular flexibility index (Phi) is 10.7. The minimum absolute atomic E-state index is 0.0415. The van der Waals surface area contributed by atoms with Gasteiger partial charge in [0.1, 0.15) is 12.7 Å². The first-order valence-electron chi connectivity index (χ1n) is 10.9. The molecule has 0 spiro atoms. The van der Waals surface area contributed by atoms with Gasteiger partial charge in [0.2, 0.25) is 0 Å². The van der Waals surface area contributed by atoms with Crippen molar-refractivity contribution in [1.29, 1.82) is 0 Å². The van der Waals surface area contributed by atoms with Gasteiger partial charge in [-0.05, 0) is 12.2 Å². The van der Waals surface area contributed by atoms with E-state index in [9.17, 15) is 24.0 Å². The SMILES string of the molecule is CC(=O)OC[C@H]1O[C@@H](NC(=S)NCC(=O)c2ccccc2)[C@H](OC(C)=O)[C@@H](OC(C)=O)[C@@H]1OC(C)=O. The van der Waals surface area contributed by atoms with Gasteiger partial charge < -0.3 is 34.3 Å². The van der Waals surface area contributed by atoms with Crippen molar-refractivity contribution in [1.82, 2.24) is 10.6 Å². The third kappa shape index (κ3) is 8.89. The summed E-state index contributed by atoms with van der Waals surface area (Å²) >= 11 is 5.27. The molecule has 1 fully saturated rings. The van der Waals surface area contributed by atoms with Crippen molar-refractivity contribution >= 4 is 47.0 Å². The molecule has 13 heteroatoms. The lowest BCUT2D eigenvalue weighted by atomic mass is 9.97. The molecule has 0 radical (unpaired) electrons. The van der Waals surface area contributed by atoms with E-state index >= 15 is 0 Å². The zero-order chi connectivity index (χ0) is 26.8. The van der Waals surface area contributed by atoms with Crippen molar-refractivity contribution in [2.45, 2.75) is 58.3 Å². The van der Waals surface area contributed by atoms with E-state index in [1.807, 2.05) is 0 Å². The Labute approximate surface area is 212 Å². The quantitative estimate of drug-likeness (QED) is 0.198. The lowest BCUT2D eigenvalue weighted by molar-refractivity contribution is -0.254. The predicted octanol–water partition coefficient (Wildman–Crippen LogP) is 0.417. The maximum absolute atomic E-state index is 12.4. The molecular formula is C23H28N2O10S. The Balaban J connectivity index is 2.26. The first-order chi connectivity index (χ1) is 17.0. The van der Waals surface area contributed by atoms with Crippen molar-refractivity contribution in [3.05, 3.63) is 35.9 Å². The smallest absolute Gasteiger partial charge is 0.303 e. The van der Waals surface area contributed by atoms with Gasteiger partial charge in [0, 0.05) is 33.3 Å². The molecule has 0 aliphatic carbocycles. The normalized spacial score (nSPS) is 22.9. The molecule has 36 heavy (non-hydrogen) atoms. The zero-order valence-electron chi connectivity index (χ0n) is 20.2. The highest BCUT2D eigenvalue weighted by Gasteiger charge is 2.52. The summed E-state index contributed by atoms with van der Waals surface area (Å²) in [6, 6.07) is 8.53. The fraction of sp³-hybridized carbons (Fsp3) is 0.478. The van der Waals surface area contributed by atoms with E-state index in [4.69, 9.17) is 35.9 Å². The van der Waals surface area contributed by atoms with Gasteiger partial charge in [-0.1, -0.05) is 30.3 Å². The molecule has 2 N–H and O–H groups in total. The van der Waals surface area contributed by atoms with Gasteiger partial charge in [-0.2, -0.15) is 0 Å². The lowest BCUT2D eigenvalue weighted by Gasteiger charge is -2.44. The Morgan fingerprint density at radius 3 is 1.94 bits per heavy atom. The van der Waals surface area contributed by atoms with E-state index in [1.54, 1.807) is 30.3 Å². The van der Waals surface area contributed by atoms with Crippen molar-refractivity contribution in [2.24, 2.45) is 0 Å². The van der Waals surface area contributed by atoms with Crippen LogP contribution < -0.4 is 10.6 Å². The van der Waals surface area contributed by atoms with Gasteiger partial charge >= 0.3 is 23.9 Å². The Bertz CT molecular complexity index is 986. The second-order valence-electron chi connectivity index (χ2n) is 7.74. The number of esters is 4. The fourth-order valence-electron chi connectivity index (χ4n) is 3.41. The number of carbonyl (C=O) groups excluding carboxylic acids is 5. The fourth-order valence-corrected chi connectivity index (χ4v) is 3.60. The van der Waals surface area contributed by atoms with Crippen molar-refractivity contribution in [2.75, 3.05) is 13.2 Å². The number of hydrogen-bond acceptors (Lipinski definition) is 11. The summed E-state index contributed by atoms with van der Waals surface area (Å²) < 4.78 is 26.9. The number of ketones is 1. The van der Waals surface area contributed by atoms with Gasteiger partial charge in [0.25, 0.3) is 0 Å². The number of rotatable bonds is 9. The molecule has 196 valence electrons. The molecular weight excluding hydrogens is 496 g/mol. The highest BCUT2D eigenvalue weighted by atomic mass is 32.1. The average Bonchev–Trinajstić information content (AvgIpc) is 2.79. The van der Waals surface area contributed by atoms with Crippen LogP contribution in [0, 0.1) is 0 Å². The van der Waals surface area contributed by atoms with Crippen LogP contribution in [-0.2, 0) is 42.9 Å². The summed E-state index contributed by atoms with van der Waals surface area (Å²) in [5.74, 6) is -3.10. The average molecular weight is 525 g/mol. The summed E-state index contributed by atoms with van der Waals surface area (Å²) in [6.45, 7) is 4.03. The number of hydrogen-bond donors (Lipinski definition) is 2. The summed E-state index contributed by atoms with van der Waals surface area (Å²) in [4.78, 5) is 59.2. The second-order valence-corrected chi connectivity index (χ2v) is 8.14. The summed E-state index contributed by atoms with van der Waals surface area (Å²) in [6.07, 6.45) is -6.31. The number of thiocarbonyl (C=S) groups is 1. The molecule has 2 rings (SSSR count). The van der Waals surface area contributed by atoms with Crippen LogP contribution in [-0.4, -0.2) is 78.6 Å². The molecule has 1 aromatic rings. The van der Waals surface area contributed by atoms with E-state index in [1.165, 1.54) is 6.92 Å². The minimum Gasteiger partial charge on any atom is -0.463 e. The third-order valence-electron chi connectivity index (χ3n) is 4.77. The largest absolute Gasteiger partial charge is 0.463 e. The van der Waals surface area contributed by atoms with E-state index in [0.29, 0.717) is 5.56 Å². The van der Waals surface area contributed by atoms with Gasteiger partial charge in [-0.15, -0.1) is 0 Å². The van der Waals surface area contributed by atoms with Crippen molar-refractivity contribution in [3.63, 3.8) is 0 Å². The molecule has 1 heterocycles. The van der Waals surface area contributed by atoms with E-state index in [2.05, 4.69) is 10.6 Å². The summed E-state index contributed by atoms with van der Waals surface area (Å²) in [7, 11) is 0. The molecule has 0 amide bonds. The van der Waals surface area contributed by atoms with E-state index in [-0.39, 0.29) is 24.0 Å². The molecule has 5 atom stereocenters. The van der Waals surface area contributed by atoms with Gasteiger partial charge in [-0.3, -0.25) is 24.0 Å². The molecule has 0 aromatic heterocycles. The molecule has 0 saturated carbocycles. The lowest BCUT2D eigenvalue weighted by Crippen LogP contribution is -2.66. The van der Waals surface area contributed by atoms with Crippen LogP contribution in [0.2, 0.25) is 0 Å². The molecule has 1 saturated heterocycles. The van der Waals surface area contributed by atoms with Crippen LogP contribution in [0.4, 0.5) is 0 Å². The molecule has 0 unspecified atom stereocenters. The maximum atomic E-state index is 12.4. The number of benzene rings is 1. The van der Waals surface area contributed by atoms with E-state index in [0.717, 1.165) is 20.8 Å². The topological polar surface area (TPSA) is 156 Å². The Morgan fingerprint density at radius 2 is 1.39 bits per heavy atom. The van der Waals surface area contributed by atoms with E-state index < -0.39 is 54.5 Å². The number of ether oxygens (including phenoxy) is 5. The van der Waals surface area contributed by atoms with Gasteiger partial charge in [0.15, 0.2) is 35.4 Å². The molecule has 12 nitrogen and oxygen atoms in total. The third-order valence-corrected chi connectivity index (χ3v) is 5.03. The first-order valence-corrected chi connectivity index (χ1v) is 11.3. The Hall–Kier alpha value is -3.58. The van der Waals surface area contributed by atoms with Crippen LogP contribution in [0.5, 0.6) is 0 Å². The van der Waals surface area contributed by atoms with Gasteiger partial charge in [0.05, 0.1) is 6.54 Å². The van der Waals surface area contributed by atoms with Crippen LogP contribution in [0.1, 0.15) is 38.1 Å². The van der Waals surface area contributed by atoms with Crippen LogP contribution >= 0.6 is 12.2 Å². The van der Waals surface area contributed by atoms with Gasteiger partial charge in [-0.25, -0.2) is 0 Å². The maximum Gasteiger partial charge on any atom is 0.303 e. The highest BCUT2D eigenvalue weighted by Crippen LogP contribution is 2.28. The summed E-state index contributed by atoms with van der Waals surface area (Å²) in [5.41, 5.74) is 0.472. The number of Topliss-reactive ketones (excluding diaryl/α,β-unsaturated/α-hetero) is 1. The highest BCUT2D eigenvalue weighted by molar-refractivity contribution is 7.80. The monoisotopic (exact) mass is 524 g/mol. The van der Waals surface area contributed by atoms with Crippen molar-refractivity contribution in [3.8, 4) is 0 Å². The first kappa shape index (κ1) is 28.7. The number of carbonyl (C=O) groups is 5. The summed E-state index contributed by atoms with van der Waals surface area (Å²) in [5, 5.41) is 5.47. The molecule has 1 aromatic carbocycles. The van der Waals surface area contributed by atoms with Crippen LogP contribution in [0.25, 0.3) is 0 Å². The zero-order valence-corrected chi connectivity index (χ0v) is 21.0.